The lowest BCUT2D eigenvalue weighted by molar-refractivity contribution is 0.102. The number of rotatable bonds is 9. The lowest BCUT2D eigenvalue weighted by atomic mass is 10.1. The van der Waals surface area contributed by atoms with Crippen molar-refractivity contribution in [2.45, 2.75) is 13.8 Å². The van der Waals surface area contributed by atoms with Crippen molar-refractivity contribution in [1.29, 1.82) is 0 Å². The second-order valence-electron chi connectivity index (χ2n) is 6.40. The van der Waals surface area contributed by atoms with E-state index in [-0.39, 0.29) is 5.91 Å². The summed E-state index contributed by atoms with van der Waals surface area (Å²) >= 11 is 1.51. The summed E-state index contributed by atoms with van der Waals surface area (Å²) < 4.78 is 10.6. The first kappa shape index (κ1) is 23.1. The molecular weight excluding hydrogens is 394 g/mol. The molecule has 0 saturated carbocycles. The molecule has 0 saturated heterocycles. The van der Waals surface area contributed by atoms with E-state index in [1.807, 2.05) is 56.3 Å². The fraction of sp³-hybridized carbons (Fsp3) is 0.160. The lowest BCUT2D eigenvalue weighted by Crippen LogP contribution is -2.13. The molecule has 0 heterocycles. The molecule has 156 valence electrons. The maximum absolute atomic E-state index is 12.8. The highest BCUT2D eigenvalue weighted by Gasteiger charge is 2.16. The minimum Gasteiger partial charge on any atom is -0.493 e. The van der Waals surface area contributed by atoms with Crippen LogP contribution in [0.25, 0.3) is 4.91 Å². The average molecular weight is 422 g/mol. The molecule has 0 aliphatic rings. The number of hydrogen-bond acceptors (Lipinski definition) is 4. The summed E-state index contributed by atoms with van der Waals surface area (Å²) in [5.41, 5.74) is 3.05. The SMILES string of the molecule is C=C(SC(=C)c1cccc(NC(=O)c2cccc(OC)c2OC)c1)/C(C)=C\C=C/C. The molecule has 2 rings (SSSR count). The number of carbonyl (C=O) groups excluding carboxylic acids is 1. The first-order valence-corrected chi connectivity index (χ1v) is 10.2. The molecule has 1 N–H and O–H groups in total. The monoisotopic (exact) mass is 421 g/mol. The summed E-state index contributed by atoms with van der Waals surface area (Å²) in [7, 11) is 3.05. The van der Waals surface area contributed by atoms with E-state index in [1.165, 1.54) is 26.0 Å². The van der Waals surface area contributed by atoms with Crippen LogP contribution in [0.3, 0.4) is 0 Å². The normalized spacial score (nSPS) is 11.3. The van der Waals surface area contributed by atoms with Gasteiger partial charge in [-0.25, -0.2) is 0 Å². The van der Waals surface area contributed by atoms with Crippen molar-refractivity contribution in [3.63, 3.8) is 0 Å². The molecule has 30 heavy (non-hydrogen) atoms. The maximum atomic E-state index is 12.8. The molecule has 0 aliphatic carbocycles. The maximum Gasteiger partial charge on any atom is 0.259 e. The molecule has 2 aromatic rings. The number of carbonyl (C=O) groups is 1. The molecule has 0 unspecified atom stereocenters. The van der Waals surface area contributed by atoms with Gasteiger partial charge >= 0.3 is 0 Å². The highest BCUT2D eigenvalue weighted by atomic mass is 32.2. The van der Waals surface area contributed by atoms with E-state index in [4.69, 9.17) is 9.47 Å². The van der Waals surface area contributed by atoms with E-state index in [0.29, 0.717) is 22.7 Å². The Bertz CT molecular complexity index is 1010. The van der Waals surface area contributed by atoms with Gasteiger partial charge in [-0.2, -0.15) is 0 Å². The number of amides is 1. The Morgan fingerprint density at radius 2 is 1.83 bits per heavy atom. The van der Waals surface area contributed by atoms with Crippen molar-refractivity contribution >= 4 is 28.3 Å². The zero-order valence-corrected chi connectivity index (χ0v) is 18.6. The third-order valence-electron chi connectivity index (χ3n) is 4.31. The summed E-state index contributed by atoms with van der Waals surface area (Å²) in [6, 6.07) is 12.7. The van der Waals surface area contributed by atoms with Crippen LogP contribution in [-0.4, -0.2) is 20.1 Å². The molecular formula is C25H27NO3S. The summed E-state index contributed by atoms with van der Waals surface area (Å²) in [6.45, 7) is 12.3. The van der Waals surface area contributed by atoms with Crippen molar-refractivity contribution in [2.24, 2.45) is 0 Å². The Morgan fingerprint density at radius 3 is 2.50 bits per heavy atom. The van der Waals surface area contributed by atoms with Crippen molar-refractivity contribution < 1.29 is 14.3 Å². The minimum atomic E-state index is -0.282. The molecule has 0 aromatic heterocycles. The molecule has 2 aromatic carbocycles. The van der Waals surface area contributed by atoms with E-state index in [1.54, 1.807) is 18.2 Å². The van der Waals surface area contributed by atoms with Gasteiger partial charge in [0.25, 0.3) is 5.91 Å². The van der Waals surface area contributed by atoms with Crippen LogP contribution >= 0.6 is 11.8 Å². The number of hydrogen-bond donors (Lipinski definition) is 1. The highest BCUT2D eigenvalue weighted by molar-refractivity contribution is 8.11. The number of thioether (sulfide) groups is 1. The van der Waals surface area contributed by atoms with E-state index in [9.17, 15) is 4.79 Å². The molecule has 0 atom stereocenters. The van der Waals surface area contributed by atoms with E-state index >= 15 is 0 Å². The predicted molar refractivity (Wildman–Crippen MR) is 128 cm³/mol. The van der Waals surface area contributed by atoms with Crippen molar-refractivity contribution in [3.05, 3.63) is 95.5 Å². The van der Waals surface area contributed by atoms with Crippen molar-refractivity contribution in [3.8, 4) is 11.5 Å². The van der Waals surface area contributed by atoms with E-state index in [0.717, 1.165) is 20.9 Å². The number of para-hydroxylation sites is 1. The smallest absolute Gasteiger partial charge is 0.259 e. The highest BCUT2D eigenvalue weighted by Crippen LogP contribution is 2.36. The zero-order chi connectivity index (χ0) is 22.1. The molecule has 0 spiro atoms. The van der Waals surface area contributed by atoms with Gasteiger partial charge < -0.3 is 14.8 Å². The number of benzene rings is 2. The Balaban J connectivity index is 2.17. The van der Waals surface area contributed by atoms with E-state index in [2.05, 4.69) is 18.5 Å². The quantitative estimate of drug-likeness (QED) is 0.458. The fourth-order valence-electron chi connectivity index (χ4n) is 2.66. The first-order chi connectivity index (χ1) is 14.4. The molecule has 5 heteroatoms. The fourth-order valence-corrected chi connectivity index (χ4v) is 3.43. The largest absolute Gasteiger partial charge is 0.493 e. The van der Waals surface area contributed by atoms with Gasteiger partial charge in [0.2, 0.25) is 0 Å². The Labute approximate surface area is 183 Å². The summed E-state index contributed by atoms with van der Waals surface area (Å²) in [5, 5.41) is 2.92. The molecule has 0 aliphatic heterocycles. The summed E-state index contributed by atoms with van der Waals surface area (Å²) in [6.07, 6.45) is 5.97. The third kappa shape index (κ3) is 5.91. The molecule has 1 amide bonds. The molecule has 0 radical (unpaired) electrons. The second kappa shape index (κ2) is 11.1. The Hall–Kier alpha value is -3.18. The number of anilines is 1. The van der Waals surface area contributed by atoms with Gasteiger partial charge in [0.05, 0.1) is 19.8 Å². The first-order valence-electron chi connectivity index (χ1n) is 9.39. The van der Waals surface area contributed by atoms with Crippen LogP contribution in [0.15, 0.2) is 84.3 Å². The van der Waals surface area contributed by atoms with Gasteiger partial charge in [-0.15, -0.1) is 0 Å². The van der Waals surface area contributed by atoms with Crippen LogP contribution in [0, 0.1) is 0 Å². The molecule has 4 nitrogen and oxygen atoms in total. The standard InChI is InChI=1S/C25H27NO3S/c1-7-8-11-17(2)18(3)30-19(4)20-12-9-13-21(16-20)26-25(27)22-14-10-15-23(28-5)24(22)29-6/h7-16H,3-4H2,1-2,5-6H3,(H,26,27)/b8-7-,17-11-. The van der Waals surface area contributed by atoms with Crippen LogP contribution < -0.4 is 14.8 Å². The van der Waals surface area contributed by atoms with Crippen LogP contribution in [-0.2, 0) is 0 Å². The van der Waals surface area contributed by atoms with Gasteiger partial charge in [0, 0.05) is 15.5 Å². The van der Waals surface area contributed by atoms with Gasteiger partial charge in [-0.3, -0.25) is 4.79 Å². The Kier molecular flexibility index (Phi) is 8.56. The lowest BCUT2D eigenvalue weighted by Gasteiger charge is -2.13. The Morgan fingerprint density at radius 1 is 1.10 bits per heavy atom. The van der Waals surface area contributed by atoms with Gasteiger partial charge in [0.1, 0.15) is 0 Å². The van der Waals surface area contributed by atoms with Crippen LogP contribution in [0.4, 0.5) is 5.69 Å². The van der Waals surface area contributed by atoms with Gasteiger partial charge in [-0.05, 0) is 49.2 Å². The van der Waals surface area contributed by atoms with Crippen LogP contribution in [0.2, 0.25) is 0 Å². The predicted octanol–water partition coefficient (Wildman–Crippen LogP) is 6.70. The van der Waals surface area contributed by atoms with Crippen LogP contribution in [0.5, 0.6) is 11.5 Å². The van der Waals surface area contributed by atoms with Gasteiger partial charge in [-0.1, -0.05) is 61.3 Å². The molecule has 0 bridgehead atoms. The topological polar surface area (TPSA) is 47.6 Å². The number of methoxy groups -OCH3 is 2. The van der Waals surface area contributed by atoms with Gasteiger partial charge in [0.15, 0.2) is 11.5 Å². The van der Waals surface area contributed by atoms with Crippen LogP contribution in [0.1, 0.15) is 29.8 Å². The number of ether oxygens (including phenoxy) is 2. The summed E-state index contributed by atoms with van der Waals surface area (Å²) in [4.78, 5) is 14.6. The minimum absolute atomic E-state index is 0.282. The average Bonchev–Trinajstić information content (AvgIpc) is 2.76. The van der Waals surface area contributed by atoms with E-state index < -0.39 is 0 Å². The number of allylic oxidation sites excluding steroid dienone is 4. The summed E-state index contributed by atoms with van der Waals surface area (Å²) in [5.74, 6) is 0.618. The third-order valence-corrected chi connectivity index (χ3v) is 5.37. The van der Waals surface area contributed by atoms with Crippen molar-refractivity contribution in [1.82, 2.24) is 0 Å². The van der Waals surface area contributed by atoms with Crippen molar-refractivity contribution in [2.75, 3.05) is 19.5 Å². The molecule has 0 fully saturated rings. The zero-order valence-electron chi connectivity index (χ0n) is 17.8. The number of nitrogens with one attached hydrogen (secondary N) is 1. The second-order valence-corrected chi connectivity index (χ2v) is 7.59.